The molecule has 0 saturated carbocycles. The number of fused-ring (bicyclic) bond motifs is 3. The summed E-state index contributed by atoms with van der Waals surface area (Å²) in [5.74, 6) is 0. The number of hydrogen-bond acceptors (Lipinski definition) is 1. The average molecular weight is 313 g/mol. The second-order valence-electron chi connectivity index (χ2n) is 6.59. The van der Waals surface area contributed by atoms with Gasteiger partial charge in [-0.05, 0) is 59.4 Å². The summed E-state index contributed by atoms with van der Waals surface area (Å²) in [6, 6.07) is 26.1. The molecule has 0 spiro atoms. The van der Waals surface area contributed by atoms with Gasteiger partial charge in [0.15, 0.2) is 0 Å². The average Bonchev–Trinajstić information content (AvgIpc) is 2.92. The highest BCUT2D eigenvalue weighted by atomic mass is 14.9. The van der Waals surface area contributed by atoms with Crippen LogP contribution in [0.4, 0.5) is 11.4 Å². The van der Waals surface area contributed by atoms with Crippen LogP contribution in [-0.4, -0.2) is 0 Å². The quantitative estimate of drug-likeness (QED) is 0.578. The van der Waals surface area contributed by atoms with Gasteiger partial charge in [0.25, 0.3) is 0 Å². The van der Waals surface area contributed by atoms with Crippen molar-refractivity contribution in [2.45, 2.75) is 32.1 Å². The van der Waals surface area contributed by atoms with Crippen LogP contribution in [-0.2, 0) is 5.41 Å². The normalized spacial score (nSPS) is 14.1. The van der Waals surface area contributed by atoms with Gasteiger partial charge in [-0.2, -0.15) is 0 Å². The Labute approximate surface area is 144 Å². The molecule has 0 unspecified atom stereocenters. The van der Waals surface area contributed by atoms with E-state index in [2.05, 4.69) is 85.9 Å². The molecule has 0 saturated heterocycles. The van der Waals surface area contributed by atoms with Gasteiger partial charge in [-0.15, -0.1) is 0 Å². The molecule has 3 aromatic carbocycles. The van der Waals surface area contributed by atoms with E-state index in [0.717, 1.165) is 18.5 Å². The Morgan fingerprint density at radius 2 is 1.33 bits per heavy atom. The van der Waals surface area contributed by atoms with Crippen LogP contribution in [0.15, 0.2) is 72.8 Å². The van der Waals surface area contributed by atoms with Crippen LogP contribution in [0, 0.1) is 0 Å². The second kappa shape index (κ2) is 5.83. The highest BCUT2D eigenvalue weighted by molar-refractivity contribution is 5.83. The number of nitrogens with one attached hydrogen (secondary N) is 1. The van der Waals surface area contributed by atoms with Gasteiger partial charge in [0.1, 0.15) is 0 Å². The summed E-state index contributed by atoms with van der Waals surface area (Å²) in [7, 11) is 0. The second-order valence-corrected chi connectivity index (χ2v) is 6.59. The van der Waals surface area contributed by atoms with Crippen molar-refractivity contribution in [2.75, 3.05) is 5.32 Å². The van der Waals surface area contributed by atoms with Crippen molar-refractivity contribution < 1.29 is 0 Å². The molecule has 1 nitrogen and oxygen atoms in total. The standard InChI is InChI=1S/C23H23N/c1-3-23(4-2)21-13-9-8-12-19(21)20-15-14-18(16-22(20)23)24-17-10-6-5-7-11-17/h5-16,24H,3-4H2,1-2H3. The number of benzene rings is 3. The molecule has 0 radical (unpaired) electrons. The predicted molar refractivity (Wildman–Crippen MR) is 103 cm³/mol. The minimum Gasteiger partial charge on any atom is -0.356 e. The van der Waals surface area contributed by atoms with E-state index in [1.807, 2.05) is 6.07 Å². The number of anilines is 2. The maximum absolute atomic E-state index is 3.55. The Bertz CT molecular complexity index is 860. The fourth-order valence-corrected chi connectivity index (χ4v) is 4.23. The molecular formula is C23H23N. The molecule has 1 aliphatic carbocycles. The molecule has 120 valence electrons. The van der Waals surface area contributed by atoms with E-state index in [0.29, 0.717) is 0 Å². The van der Waals surface area contributed by atoms with Gasteiger partial charge in [-0.1, -0.05) is 62.4 Å². The van der Waals surface area contributed by atoms with E-state index in [1.165, 1.54) is 27.9 Å². The van der Waals surface area contributed by atoms with Gasteiger partial charge in [0, 0.05) is 16.8 Å². The van der Waals surface area contributed by atoms with Crippen LogP contribution in [0.25, 0.3) is 11.1 Å². The first-order chi connectivity index (χ1) is 11.8. The Kier molecular flexibility index (Phi) is 3.65. The van der Waals surface area contributed by atoms with E-state index >= 15 is 0 Å². The summed E-state index contributed by atoms with van der Waals surface area (Å²) < 4.78 is 0. The van der Waals surface area contributed by atoms with Crippen molar-refractivity contribution in [1.29, 1.82) is 0 Å². The van der Waals surface area contributed by atoms with Gasteiger partial charge in [-0.3, -0.25) is 0 Å². The molecule has 1 heteroatoms. The molecule has 0 bridgehead atoms. The lowest BCUT2D eigenvalue weighted by atomic mass is 9.74. The van der Waals surface area contributed by atoms with E-state index < -0.39 is 0 Å². The fraction of sp³-hybridized carbons (Fsp3) is 0.217. The SMILES string of the molecule is CCC1(CC)c2ccccc2-c2ccc(Nc3ccccc3)cc21. The maximum atomic E-state index is 3.55. The highest BCUT2D eigenvalue weighted by Gasteiger charge is 2.40. The Hall–Kier alpha value is -2.54. The van der Waals surface area contributed by atoms with Crippen molar-refractivity contribution >= 4 is 11.4 Å². The van der Waals surface area contributed by atoms with Crippen molar-refractivity contribution in [1.82, 2.24) is 0 Å². The van der Waals surface area contributed by atoms with Crippen molar-refractivity contribution in [3.05, 3.63) is 83.9 Å². The van der Waals surface area contributed by atoms with Crippen LogP contribution in [0.3, 0.4) is 0 Å². The summed E-state index contributed by atoms with van der Waals surface area (Å²) in [6.07, 6.45) is 2.25. The molecule has 3 aromatic rings. The van der Waals surface area contributed by atoms with Crippen LogP contribution < -0.4 is 5.32 Å². The first kappa shape index (κ1) is 15.0. The zero-order valence-electron chi connectivity index (χ0n) is 14.3. The first-order valence-corrected chi connectivity index (χ1v) is 8.85. The Morgan fingerprint density at radius 1 is 0.667 bits per heavy atom. The third-order valence-electron chi connectivity index (χ3n) is 5.54. The van der Waals surface area contributed by atoms with Gasteiger partial charge >= 0.3 is 0 Å². The van der Waals surface area contributed by atoms with Gasteiger partial charge in [0.05, 0.1) is 0 Å². The maximum Gasteiger partial charge on any atom is 0.0387 e. The lowest BCUT2D eigenvalue weighted by Gasteiger charge is -2.30. The van der Waals surface area contributed by atoms with E-state index in [-0.39, 0.29) is 5.41 Å². The summed E-state index contributed by atoms with van der Waals surface area (Å²) in [4.78, 5) is 0. The number of hydrogen-bond donors (Lipinski definition) is 1. The number of para-hydroxylation sites is 1. The number of rotatable bonds is 4. The summed E-state index contributed by atoms with van der Waals surface area (Å²) in [5.41, 5.74) is 8.19. The molecule has 1 N–H and O–H groups in total. The monoisotopic (exact) mass is 313 g/mol. The zero-order chi connectivity index (χ0) is 16.6. The van der Waals surface area contributed by atoms with Crippen molar-refractivity contribution in [3.8, 4) is 11.1 Å². The van der Waals surface area contributed by atoms with E-state index in [1.54, 1.807) is 0 Å². The summed E-state index contributed by atoms with van der Waals surface area (Å²) in [5, 5.41) is 3.55. The molecule has 0 atom stereocenters. The topological polar surface area (TPSA) is 12.0 Å². The molecule has 0 heterocycles. The smallest absolute Gasteiger partial charge is 0.0387 e. The van der Waals surface area contributed by atoms with E-state index in [9.17, 15) is 0 Å². The zero-order valence-corrected chi connectivity index (χ0v) is 14.3. The molecule has 4 rings (SSSR count). The van der Waals surface area contributed by atoms with E-state index in [4.69, 9.17) is 0 Å². The van der Waals surface area contributed by atoms with Gasteiger partial charge < -0.3 is 5.32 Å². The van der Waals surface area contributed by atoms with Crippen molar-refractivity contribution in [2.24, 2.45) is 0 Å². The minimum absolute atomic E-state index is 0.139. The molecule has 0 aromatic heterocycles. The third-order valence-corrected chi connectivity index (χ3v) is 5.54. The van der Waals surface area contributed by atoms with Gasteiger partial charge in [0.2, 0.25) is 0 Å². The van der Waals surface area contributed by atoms with Gasteiger partial charge in [-0.25, -0.2) is 0 Å². The van der Waals surface area contributed by atoms with Crippen LogP contribution in [0.2, 0.25) is 0 Å². The predicted octanol–water partition coefficient (Wildman–Crippen LogP) is 6.52. The van der Waals surface area contributed by atoms with Crippen LogP contribution in [0.5, 0.6) is 0 Å². The van der Waals surface area contributed by atoms with Crippen molar-refractivity contribution in [3.63, 3.8) is 0 Å². The molecule has 0 aliphatic heterocycles. The lowest BCUT2D eigenvalue weighted by molar-refractivity contribution is 0.490. The molecule has 24 heavy (non-hydrogen) atoms. The first-order valence-electron chi connectivity index (χ1n) is 8.85. The largest absolute Gasteiger partial charge is 0.356 e. The fourth-order valence-electron chi connectivity index (χ4n) is 4.23. The summed E-state index contributed by atoms with van der Waals surface area (Å²) >= 11 is 0. The lowest BCUT2D eigenvalue weighted by Crippen LogP contribution is -2.23. The molecule has 0 amide bonds. The third kappa shape index (κ3) is 2.16. The molecule has 0 fully saturated rings. The Balaban J connectivity index is 1.83. The molecule has 1 aliphatic rings. The highest BCUT2D eigenvalue weighted by Crippen LogP contribution is 2.53. The Morgan fingerprint density at radius 3 is 2.08 bits per heavy atom. The summed E-state index contributed by atoms with van der Waals surface area (Å²) in [6.45, 7) is 4.62. The van der Waals surface area contributed by atoms with Crippen LogP contribution >= 0.6 is 0 Å². The minimum atomic E-state index is 0.139. The van der Waals surface area contributed by atoms with Crippen LogP contribution in [0.1, 0.15) is 37.8 Å². The molecular weight excluding hydrogens is 290 g/mol.